The number of anilines is 1. The normalized spacial score (nSPS) is 15.0. The summed E-state index contributed by atoms with van der Waals surface area (Å²) in [4.78, 5) is 28.0. The summed E-state index contributed by atoms with van der Waals surface area (Å²) in [5.74, 6) is -0.768. The molecule has 3 rings (SSSR count). The van der Waals surface area contributed by atoms with Crippen molar-refractivity contribution >= 4 is 50.7 Å². The molecule has 2 aromatic carbocycles. The van der Waals surface area contributed by atoms with Gasteiger partial charge in [0.05, 0.1) is 11.9 Å². The van der Waals surface area contributed by atoms with Gasteiger partial charge in [0.2, 0.25) is 21.8 Å². The average Bonchev–Trinajstić information content (AvgIpc) is 3.28. The van der Waals surface area contributed by atoms with Crippen molar-refractivity contribution in [1.82, 2.24) is 10.2 Å². The van der Waals surface area contributed by atoms with Gasteiger partial charge in [0.25, 0.3) is 0 Å². The zero-order valence-electron chi connectivity index (χ0n) is 20.1. The summed E-state index contributed by atoms with van der Waals surface area (Å²) in [5, 5.41) is 3.53. The second-order valence-electron chi connectivity index (χ2n) is 9.07. The van der Waals surface area contributed by atoms with E-state index >= 15 is 0 Å². The first-order chi connectivity index (χ1) is 16.4. The molecule has 0 radical (unpaired) electrons. The summed E-state index contributed by atoms with van der Waals surface area (Å²) in [7, 11) is -3.86. The Bertz CT molecular complexity index is 1150. The number of benzene rings is 2. The number of carbonyl (C=O) groups excluding carboxylic acids is 2. The van der Waals surface area contributed by atoms with Gasteiger partial charge in [0.1, 0.15) is 12.6 Å². The molecule has 1 fully saturated rings. The Hall–Kier alpha value is -2.29. The van der Waals surface area contributed by atoms with E-state index in [0.29, 0.717) is 0 Å². The fraction of sp³-hybridized carbons (Fsp3) is 0.440. The zero-order chi connectivity index (χ0) is 25.8. The van der Waals surface area contributed by atoms with Crippen LogP contribution in [0, 0.1) is 6.92 Å². The van der Waals surface area contributed by atoms with E-state index in [-0.39, 0.29) is 34.2 Å². The molecule has 7 nitrogen and oxygen atoms in total. The monoisotopic (exact) mass is 539 g/mol. The SMILES string of the molecule is Cc1ccc(CN(C(=O)CN(c2cc(Cl)cc(Cl)c2)S(C)(=O)=O)[C@H](C)C(=O)NC2CCCC2)cc1. The van der Waals surface area contributed by atoms with Crippen LogP contribution in [-0.4, -0.2) is 50.0 Å². The number of amides is 2. The molecule has 0 saturated heterocycles. The highest BCUT2D eigenvalue weighted by Crippen LogP contribution is 2.27. The summed E-state index contributed by atoms with van der Waals surface area (Å²) in [5.41, 5.74) is 2.08. The second kappa shape index (κ2) is 11.6. The molecular formula is C25H31Cl2N3O4S. The Morgan fingerprint density at radius 3 is 2.17 bits per heavy atom. The summed E-state index contributed by atoms with van der Waals surface area (Å²) >= 11 is 12.2. The largest absolute Gasteiger partial charge is 0.352 e. The van der Waals surface area contributed by atoms with E-state index in [2.05, 4.69) is 5.32 Å². The van der Waals surface area contributed by atoms with Gasteiger partial charge in [-0.15, -0.1) is 0 Å². The second-order valence-corrected chi connectivity index (χ2v) is 11.9. The highest BCUT2D eigenvalue weighted by molar-refractivity contribution is 7.92. The molecule has 0 aliphatic heterocycles. The number of aryl methyl sites for hydroxylation is 1. The van der Waals surface area contributed by atoms with Crippen LogP contribution >= 0.6 is 23.2 Å². The predicted octanol–water partition coefficient (Wildman–Crippen LogP) is 4.54. The predicted molar refractivity (Wildman–Crippen MR) is 140 cm³/mol. The molecule has 1 aliphatic rings. The zero-order valence-corrected chi connectivity index (χ0v) is 22.5. The molecular weight excluding hydrogens is 509 g/mol. The molecule has 0 unspecified atom stereocenters. The molecule has 1 saturated carbocycles. The van der Waals surface area contributed by atoms with Gasteiger partial charge >= 0.3 is 0 Å². The standard InChI is InChI=1S/C25H31Cl2N3O4S/c1-17-8-10-19(11-9-17)15-29(18(2)25(32)28-22-6-4-5-7-22)24(31)16-30(35(3,33)34)23-13-20(26)12-21(27)14-23/h8-14,18,22H,4-7,15-16H2,1-3H3,(H,28,32)/t18-/m1/s1. The minimum Gasteiger partial charge on any atom is -0.352 e. The van der Waals surface area contributed by atoms with Crippen LogP contribution in [0.3, 0.4) is 0 Å². The molecule has 2 amide bonds. The number of halogens is 2. The first-order valence-corrected chi connectivity index (χ1v) is 14.1. The fourth-order valence-electron chi connectivity index (χ4n) is 4.16. The number of rotatable bonds is 9. The Labute approximate surface area is 217 Å². The molecule has 0 bridgehead atoms. The van der Waals surface area contributed by atoms with Gasteiger partial charge in [0, 0.05) is 22.6 Å². The third-order valence-corrected chi connectivity index (χ3v) is 7.73. The quantitative estimate of drug-likeness (QED) is 0.506. The highest BCUT2D eigenvalue weighted by atomic mass is 35.5. The molecule has 0 aromatic heterocycles. The molecule has 1 N–H and O–H groups in total. The Morgan fingerprint density at radius 2 is 1.63 bits per heavy atom. The van der Waals surface area contributed by atoms with E-state index in [1.54, 1.807) is 6.92 Å². The van der Waals surface area contributed by atoms with Crippen LogP contribution in [0.25, 0.3) is 0 Å². The lowest BCUT2D eigenvalue weighted by molar-refractivity contribution is -0.139. The lowest BCUT2D eigenvalue weighted by atomic mass is 10.1. The first kappa shape index (κ1) is 27.3. The number of nitrogens with zero attached hydrogens (tertiary/aromatic N) is 2. The van der Waals surface area contributed by atoms with E-state index in [0.717, 1.165) is 47.4 Å². The van der Waals surface area contributed by atoms with Gasteiger partial charge in [-0.05, 0) is 50.5 Å². The van der Waals surface area contributed by atoms with Crippen molar-refractivity contribution in [1.29, 1.82) is 0 Å². The van der Waals surface area contributed by atoms with Crippen LogP contribution in [0.1, 0.15) is 43.7 Å². The molecule has 190 valence electrons. The van der Waals surface area contributed by atoms with Gasteiger partial charge in [0.15, 0.2) is 0 Å². The van der Waals surface area contributed by atoms with Crippen molar-refractivity contribution in [2.75, 3.05) is 17.1 Å². The van der Waals surface area contributed by atoms with Gasteiger partial charge in [-0.3, -0.25) is 13.9 Å². The van der Waals surface area contributed by atoms with Gasteiger partial charge < -0.3 is 10.2 Å². The van der Waals surface area contributed by atoms with E-state index in [1.165, 1.54) is 23.1 Å². The van der Waals surface area contributed by atoms with E-state index in [1.807, 2.05) is 31.2 Å². The number of carbonyl (C=O) groups is 2. The number of hydrogen-bond donors (Lipinski definition) is 1. The van der Waals surface area contributed by atoms with Gasteiger partial charge in [-0.25, -0.2) is 8.42 Å². The number of sulfonamides is 1. The minimum absolute atomic E-state index is 0.0994. The van der Waals surface area contributed by atoms with Crippen LogP contribution in [0.15, 0.2) is 42.5 Å². The van der Waals surface area contributed by atoms with Crippen molar-refractivity contribution < 1.29 is 18.0 Å². The summed E-state index contributed by atoms with van der Waals surface area (Å²) < 4.78 is 26.2. The Kier molecular flexibility index (Phi) is 9.07. The van der Waals surface area contributed by atoms with E-state index < -0.39 is 28.5 Å². The van der Waals surface area contributed by atoms with Crippen molar-refractivity contribution in [2.45, 2.75) is 58.2 Å². The summed E-state index contributed by atoms with van der Waals surface area (Å²) in [6.07, 6.45) is 4.98. The molecule has 1 aliphatic carbocycles. The maximum Gasteiger partial charge on any atom is 0.244 e. The third-order valence-electron chi connectivity index (χ3n) is 6.16. The molecule has 10 heteroatoms. The van der Waals surface area contributed by atoms with Crippen LogP contribution in [0.2, 0.25) is 10.0 Å². The molecule has 2 aromatic rings. The van der Waals surface area contributed by atoms with Crippen molar-refractivity contribution in [3.05, 3.63) is 63.6 Å². The van der Waals surface area contributed by atoms with Crippen LogP contribution in [0.5, 0.6) is 0 Å². The smallest absolute Gasteiger partial charge is 0.244 e. The molecule has 0 spiro atoms. The minimum atomic E-state index is -3.86. The van der Waals surface area contributed by atoms with Crippen LogP contribution in [0.4, 0.5) is 5.69 Å². The van der Waals surface area contributed by atoms with Crippen molar-refractivity contribution in [3.8, 4) is 0 Å². The maximum atomic E-state index is 13.6. The summed E-state index contributed by atoms with van der Waals surface area (Å²) in [6.45, 7) is 3.29. The topological polar surface area (TPSA) is 86.8 Å². The highest BCUT2D eigenvalue weighted by Gasteiger charge is 2.31. The van der Waals surface area contributed by atoms with Crippen molar-refractivity contribution in [3.63, 3.8) is 0 Å². The third kappa shape index (κ3) is 7.59. The maximum absolute atomic E-state index is 13.6. The first-order valence-electron chi connectivity index (χ1n) is 11.5. The Morgan fingerprint density at radius 1 is 1.06 bits per heavy atom. The number of nitrogens with one attached hydrogen (secondary N) is 1. The van der Waals surface area contributed by atoms with E-state index in [9.17, 15) is 18.0 Å². The molecule has 35 heavy (non-hydrogen) atoms. The summed E-state index contributed by atoms with van der Waals surface area (Å²) in [6, 6.07) is 11.3. The van der Waals surface area contributed by atoms with E-state index in [4.69, 9.17) is 23.2 Å². The molecule has 0 heterocycles. The molecule has 1 atom stereocenters. The van der Waals surface area contributed by atoms with Gasteiger partial charge in [-0.2, -0.15) is 0 Å². The van der Waals surface area contributed by atoms with Gasteiger partial charge in [-0.1, -0.05) is 65.9 Å². The van der Waals surface area contributed by atoms with Crippen LogP contribution in [-0.2, 0) is 26.2 Å². The Balaban J connectivity index is 1.89. The average molecular weight is 541 g/mol. The van der Waals surface area contributed by atoms with Crippen LogP contribution < -0.4 is 9.62 Å². The fourth-order valence-corrected chi connectivity index (χ4v) is 5.51. The number of hydrogen-bond acceptors (Lipinski definition) is 4. The lowest BCUT2D eigenvalue weighted by Gasteiger charge is -2.32. The van der Waals surface area contributed by atoms with Crippen molar-refractivity contribution in [2.24, 2.45) is 0 Å². The lowest BCUT2D eigenvalue weighted by Crippen LogP contribution is -2.52.